The Kier molecular flexibility index (Phi) is 3.23. The highest BCUT2D eigenvalue weighted by Crippen LogP contribution is 2.32. The van der Waals surface area contributed by atoms with Gasteiger partial charge in [-0.15, -0.1) is 0 Å². The molecule has 0 aliphatic carbocycles. The summed E-state index contributed by atoms with van der Waals surface area (Å²) in [4.78, 5) is 4.40. The molecule has 0 saturated heterocycles. The van der Waals surface area contributed by atoms with Crippen LogP contribution in [0.2, 0.25) is 0 Å². The van der Waals surface area contributed by atoms with Crippen molar-refractivity contribution in [2.45, 2.75) is 6.92 Å². The first kappa shape index (κ1) is 14.3. The normalized spacial score (nSPS) is 11.1. The minimum absolute atomic E-state index is 0.719. The van der Waals surface area contributed by atoms with Crippen molar-refractivity contribution in [3.8, 4) is 22.8 Å². The predicted molar refractivity (Wildman–Crippen MR) is 93.1 cm³/mol. The van der Waals surface area contributed by atoms with Crippen molar-refractivity contribution in [2.24, 2.45) is 7.05 Å². The topological polar surface area (TPSA) is 70.4 Å². The predicted octanol–water partition coefficient (Wildman–Crippen LogP) is 3.42. The van der Waals surface area contributed by atoms with Crippen molar-refractivity contribution in [2.75, 3.05) is 5.73 Å². The molecule has 3 aromatic heterocycles. The van der Waals surface area contributed by atoms with Gasteiger partial charge in [0.2, 0.25) is 0 Å². The van der Waals surface area contributed by atoms with Crippen molar-refractivity contribution < 1.29 is 4.74 Å². The number of rotatable bonds is 3. The molecule has 2 N–H and O–H groups in total. The Labute approximate surface area is 139 Å². The fraction of sp³-hybridized carbons (Fsp3) is 0.111. The van der Waals surface area contributed by atoms with Crippen LogP contribution in [0.1, 0.15) is 5.56 Å². The Morgan fingerprint density at radius 3 is 2.71 bits per heavy atom. The van der Waals surface area contributed by atoms with Gasteiger partial charge in [-0.3, -0.25) is 0 Å². The smallest absolute Gasteiger partial charge is 0.153 e. The van der Waals surface area contributed by atoms with Gasteiger partial charge in [0.15, 0.2) is 5.75 Å². The number of benzene rings is 1. The number of hydrogen-bond acceptors (Lipinski definition) is 4. The summed E-state index contributed by atoms with van der Waals surface area (Å²) in [6.07, 6.45) is 7.43. The molecule has 6 heteroatoms. The van der Waals surface area contributed by atoms with Crippen LogP contribution in [0.15, 0.2) is 55.2 Å². The third-order valence-corrected chi connectivity index (χ3v) is 3.89. The molecule has 0 aliphatic rings. The van der Waals surface area contributed by atoms with Crippen molar-refractivity contribution in [3.05, 3.63) is 60.8 Å². The molecular formula is C18H17N5O. The van der Waals surface area contributed by atoms with E-state index >= 15 is 0 Å². The summed E-state index contributed by atoms with van der Waals surface area (Å²) in [5, 5.41) is 4.33. The summed E-state index contributed by atoms with van der Waals surface area (Å²) in [5.41, 5.74) is 10.2. The SMILES string of the molecule is Cc1cc(N)ccc1Oc1cc(-c2cn(C)cn2)cn2nccc12. The molecule has 0 bridgehead atoms. The lowest BCUT2D eigenvalue weighted by molar-refractivity contribution is 0.482. The van der Waals surface area contributed by atoms with Gasteiger partial charge in [0.05, 0.1) is 18.2 Å². The lowest BCUT2D eigenvalue weighted by atomic mass is 10.2. The van der Waals surface area contributed by atoms with E-state index in [-0.39, 0.29) is 0 Å². The number of nitrogen functional groups attached to an aromatic ring is 1. The molecule has 1 aromatic carbocycles. The van der Waals surface area contributed by atoms with Gasteiger partial charge < -0.3 is 15.0 Å². The molecular weight excluding hydrogens is 302 g/mol. The van der Waals surface area contributed by atoms with Crippen LogP contribution in [-0.2, 0) is 7.05 Å². The van der Waals surface area contributed by atoms with Crippen LogP contribution < -0.4 is 10.5 Å². The summed E-state index contributed by atoms with van der Waals surface area (Å²) in [5.74, 6) is 1.49. The molecule has 0 unspecified atom stereocenters. The summed E-state index contributed by atoms with van der Waals surface area (Å²) in [6, 6.07) is 9.51. The van der Waals surface area contributed by atoms with Gasteiger partial charge in [-0.25, -0.2) is 9.50 Å². The second-order valence-electron chi connectivity index (χ2n) is 5.81. The van der Waals surface area contributed by atoms with Crippen molar-refractivity contribution in [1.82, 2.24) is 19.2 Å². The Morgan fingerprint density at radius 2 is 1.96 bits per heavy atom. The first-order chi connectivity index (χ1) is 11.6. The van der Waals surface area contributed by atoms with Crippen molar-refractivity contribution in [3.63, 3.8) is 0 Å². The summed E-state index contributed by atoms with van der Waals surface area (Å²) < 4.78 is 9.86. The summed E-state index contributed by atoms with van der Waals surface area (Å²) >= 11 is 0. The quantitative estimate of drug-likeness (QED) is 0.587. The fourth-order valence-electron chi connectivity index (χ4n) is 2.69. The largest absolute Gasteiger partial charge is 0.455 e. The molecule has 24 heavy (non-hydrogen) atoms. The Balaban J connectivity index is 1.83. The highest BCUT2D eigenvalue weighted by Gasteiger charge is 2.11. The summed E-state index contributed by atoms with van der Waals surface area (Å²) in [6.45, 7) is 1.97. The highest BCUT2D eigenvalue weighted by molar-refractivity contribution is 5.69. The van der Waals surface area contributed by atoms with E-state index in [2.05, 4.69) is 10.1 Å². The third kappa shape index (κ3) is 2.48. The van der Waals surface area contributed by atoms with E-state index in [1.54, 1.807) is 17.0 Å². The van der Waals surface area contributed by atoms with Gasteiger partial charge in [0.25, 0.3) is 0 Å². The average Bonchev–Trinajstić information content (AvgIpc) is 3.18. The lowest BCUT2D eigenvalue weighted by Crippen LogP contribution is -1.95. The molecule has 0 spiro atoms. The maximum atomic E-state index is 6.15. The van der Waals surface area contributed by atoms with Crippen LogP contribution in [0.4, 0.5) is 5.69 Å². The van der Waals surface area contributed by atoms with Crippen molar-refractivity contribution in [1.29, 1.82) is 0 Å². The molecule has 0 amide bonds. The first-order valence-electron chi connectivity index (χ1n) is 7.60. The maximum Gasteiger partial charge on any atom is 0.153 e. The number of anilines is 1. The van der Waals surface area contributed by atoms with E-state index in [0.717, 1.165) is 39.5 Å². The van der Waals surface area contributed by atoms with E-state index < -0.39 is 0 Å². The van der Waals surface area contributed by atoms with Crippen molar-refractivity contribution >= 4 is 11.2 Å². The molecule has 0 atom stereocenters. The molecule has 120 valence electrons. The number of imidazole rings is 1. The summed E-state index contributed by atoms with van der Waals surface area (Å²) in [7, 11) is 1.94. The zero-order valence-electron chi connectivity index (χ0n) is 13.5. The zero-order valence-corrected chi connectivity index (χ0v) is 13.5. The van der Waals surface area contributed by atoms with Gasteiger partial charge in [0.1, 0.15) is 11.3 Å². The number of nitrogens with zero attached hydrogens (tertiary/aromatic N) is 4. The van der Waals surface area contributed by atoms with Crippen LogP contribution >= 0.6 is 0 Å². The molecule has 0 fully saturated rings. The number of hydrogen-bond donors (Lipinski definition) is 1. The number of fused-ring (bicyclic) bond motifs is 1. The molecule has 4 rings (SSSR count). The van der Waals surface area contributed by atoms with E-state index in [9.17, 15) is 0 Å². The van der Waals surface area contributed by atoms with Crippen LogP contribution in [0.3, 0.4) is 0 Å². The van der Waals surface area contributed by atoms with Gasteiger partial charge in [-0.2, -0.15) is 5.10 Å². The number of ether oxygens (including phenoxy) is 1. The minimum atomic E-state index is 0.719. The van der Waals surface area contributed by atoms with E-state index in [4.69, 9.17) is 10.5 Å². The number of aromatic nitrogens is 4. The Bertz CT molecular complexity index is 1030. The van der Waals surface area contributed by atoms with Crippen LogP contribution in [0, 0.1) is 6.92 Å². The molecule has 6 nitrogen and oxygen atoms in total. The second-order valence-corrected chi connectivity index (χ2v) is 5.81. The minimum Gasteiger partial charge on any atom is -0.455 e. The second kappa shape index (κ2) is 5.42. The number of pyridine rings is 1. The molecule has 3 heterocycles. The van der Waals surface area contributed by atoms with Gasteiger partial charge >= 0.3 is 0 Å². The maximum absolute atomic E-state index is 6.15. The van der Waals surface area contributed by atoms with Gasteiger partial charge in [-0.05, 0) is 42.8 Å². The van der Waals surface area contributed by atoms with E-state index in [1.165, 1.54) is 0 Å². The number of aryl methyl sites for hydroxylation is 2. The fourth-order valence-corrected chi connectivity index (χ4v) is 2.69. The molecule has 0 saturated carbocycles. The first-order valence-corrected chi connectivity index (χ1v) is 7.60. The van der Waals surface area contributed by atoms with E-state index in [0.29, 0.717) is 0 Å². The lowest BCUT2D eigenvalue weighted by Gasteiger charge is -2.12. The van der Waals surface area contributed by atoms with Gasteiger partial charge in [0, 0.05) is 30.7 Å². The van der Waals surface area contributed by atoms with Crippen LogP contribution in [0.25, 0.3) is 16.8 Å². The van der Waals surface area contributed by atoms with E-state index in [1.807, 2.05) is 61.3 Å². The van der Waals surface area contributed by atoms with Crippen LogP contribution in [0.5, 0.6) is 11.5 Å². The Hall–Kier alpha value is -3.28. The number of nitrogens with two attached hydrogens (primary N) is 1. The Morgan fingerprint density at radius 1 is 1.08 bits per heavy atom. The van der Waals surface area contributed by atoms with Crippen LogP contribution in [-0.4, -0.2) is 19.2 Å². The highest BCUT2D eigenvalue weighted by atomic mass is 16.5. The zero-order chi connectivity index (χ0) is 16.7. The molecule has 0 aliphatic heterocycles. The third-order valence-electron chi connectivity index (χ3n) is 3.89. The van der Waals surface area contributed by atoms with Gasteiger partial charge in [-0.1, -0.05) is 0 Å². The standard InChI is InChI=1S/C18H17N5O/c1-12-7-14(19)3-4-17(12)24-18-8-13(15-10-22(2)11-20-15)9-23-16(18)5-6-21-23/h3-11H,19H2,1-2H3. The average molecular weight is 319 g/mol. The molecule has 4 aromatic rings. The molecule has 0 radical (unpaired) electrons. The monoisotopic (exact) mass is 319 g/mol.